The number of carbonyl (C=O) groups is 2. The van der Waals surface area contributed by atoms with E-state index in [9.17, 15) is 9.59 Å². The van der Waals surface area contributed by atoms with E-state index in [0.29, 0.717) is 17.2 Å². The van der Waals surface area contributed by atoms with Gasteiger partial charge in [-0.05, 0) is 69.9 Å². The maximum Gasteiger partial charge on any atom is 2.00 e. The average Bonchev–Trinajstić information content (AvgIpc) is 3.52. The minimum Gasteiger partial charge on any atom is -0.469 e. The van der Waals surface area contributed by atoms with Crippen molar-refractivity contribution < 1.29 is 31.1 Å². The molecule has 0 aliphatic heterocycles. The summed E-state index contributed by atoms with van der Waals surface area (Å²) >= 11 is 0. The number of hydrogen-bond acceptors (Lipinski definition) is 3. The van der Waals surface area contributed by atoms with Crippen LogP contribution in [0, 0.1) is 63.7 Å². The zero-order chi connectivity index (χ0) is 19.6. The smallest absolute Gasteiger partial charge is 0.469 e. The number of Topliss-reactive ketones (excluding diaryl/α,β-unsaturated/α-hetero) is 2. The van der Waals surface area contributed by atoms with Crippen molar-refractivity contribution in [2.75, 3.05) is 0 Å². The van der Waals surface area contributed by atoms with Gasteiger partial charge in [-0.25, -0.2) is 0 Å². The van der Waals surface area contributed by atoms with Crippen molar-refractivity contribution in [2.24, 2.45) is 0 Å². The van der Waals surface area contributed by atoms with Gasteiger partial charge in [-0.3, -0.25) is 9.59 Å². The second kappa shape index (κ2) is 12.8. The molecule has 1 aromatic heterocycles. The SMILES string of the molecule is O=C(CC(CC(=O)c1ccccc1)c1ccco1)[C]1[CH][CH][CH][CH]1.[CH]1[CH][CH][CH][CH]1.[Fe+2]. The Labute approximate surface area is 185 Å². The van der Waals surface area contributed by atoms with Gasteiger partial charge in [0.25, 0.3) is 0 Å². The van der Waals surface area contributed by atoms with Crippen LogP contribution >= 0.6 is 0 Å². The number of benzene rings is 1. The average molecular weight is 426 g/mol. The van der Waals surface area contributed by atoms with E-state index in [1.54, 1.807) is 37.3 Å². The van der Waals surface area contributed by atoms with Gasteiger partial charge in [-0.15, -0.1) is 0 Å². The third kappa shape index (κ3) is 7.60. The van der Waals surface area contributed by atoms with Crippen molar-refractivity contribution in [3.8, 4) is 0 Å². The maximum atomic E-state index is 12.5. The summed E-state index contributed by atoms with van der Waals surface area (Å²) in [7, 11) is 0. The van der Waals surface area contributed by atoms with Crippen LogP contribution in [0.1, 0.15) is 34.9 Å². The van der Waals surface area contributed by atoms with Crippen LogP contribution in [-0.2, 0) is 21.9 Å². The van der Waals surface area contributed by atoms with Gasteiger partial charge in [-0.1, -0.05) is 30.3 Å². The molecule has 0 spiro atoms. The minimum absolute atomic E-state index is 0. The zero-order valence-corrected chi connectivity index (χ0v) is 17.0. The Kier molecular flexibility index (Phi) is 10.5. The molecule has 2 fully saturated rings. The summed E-state index contributed by atoms with van der Waals surface area (Å²) in [4.78, 5) is 24.8. The van der Waals surface area contributed by atoms with Crippen LogP contribution in [0.25, 0.3) is 0 Å². The largest absolute Gasteiger partial charge is 2.00 e. The first-order chi connectivity index (χ1) is 13.7. The Morgan fingerprint density at radius 1 is 0.724 bits per heavy atom. The standard InChI is InChI=1S/C20H17O3.C5H5.Fe/c21-18(15-7-2-1-3-8-15)13-17(20-11-6-12-23-20)14-19(22)16-9-4-5-10-16;1-2-4-5-3-1;/h1-12,17H,13-14H2;1-5H;/q;;+2. The van der Waals surface area contributed by atoms with Crippen molar-refractivity contribution >= 4 is 11.6 Å². The normalized spacial score (nSPS) is 17.1. The first-order valence-corrected chi connectivity index (χ1v) is 9.27. The Hall–Kier alpha value is -1.64. The van der Waals surface area contributed by atoms with Gasteiger partial charge in [-0.2, -0.15) is 0 Å². The first-order valence-electron chi connectivity index (χ1n) is 9.27. The molecule has 0 saturated heterocycles. The van der Waals surface area contributed by atoms with Crippen molar-refractivity contribution in [1.29, 1.82) is 0 Å². The number of rotatable bonds is 7. The van der Waals surface area contributed by atoms with E-state index in [2.05, 4.69) is 0 Å². The van der Waals surface area contributed by atoms with Gasteiger partial charge in [0.05, 0.1) is 6.26 Å². The van der Waals surface area contributed by atoms with Crippen molar-refractivity contribution in [3.63, 3.8) is 0 Å². The van der Waals surface area contributed by atoms with Crippen LogP contribution in [0.5, 0.6) is 0 Å². The fourth-order valence-electron chi connectivity index (χ4n) is 2.98. The van der Waals surface area contributed by atoms with Crippen LogP contribution < -0.4 is 0 Å². The van der Waals surface area contributed by atoms with E-state index in [0.717, 1.165) is 0 Å². The van der Waals surface area contributed by atoms with Gasteiger partial charge < -0.3 is 4.42 Å². The predicted octanol–water partition coefficient (Wildman–Crippen LogP) is 5.02. The Morgan fingerprint density at radius 2 is 1.31 bits per heavy atom. The molecule has 2 aliphatic rings. The summed E-state index contributed by atoms with van der Waals surface area (Å²) in [6, 6.07) is 12.7. The molecular weight excluding hydrogens is 404 g/mol. The van der Waals surface area contributed by atoms with Crippen molar-refractivity contribution in [2.45, 2.75) is 18.8 Å². The molecular formula is C25H22FeO3+2. The molecule has 1 atom stereocenters. The minimum atomic E-state index is -0.250. The predicted molar refractivity (Wildman–Crippen MR) is 108 cm³/mol. The number of carbonyl (C=O) groups excluding carboxylic acids is 2. The molecule has 0 amide bonds. The molecule has 10 radical (unpaired) electrons. The summed E-state index contributed by atoms with van der Waals surface area (Å²) in [5, 5.41) is 0. The van der Waals surface area contributed by atoms with Crippen molar-refractivity contribution in [3.05, 3.63) is 124 Å². The van der Waals surface area contributed by atoms with E-state index >= 15 is 0 Å². The van der Waals surface area contributed by atoms with Crippen LogP contribution in [0.2, 0.25) is 0 Å². The third-order valence-corrected chi connectivity index (χ3v) is 4.45. The number of ketones is 2. The summed E-state index contributed by atoms with van der Waals surface area (Å²) in [5.74, 6) is 1.14. The van der Waals surface area contributed by atoms with E-state index in [1.165, 1.54) is 0 Å². The first kappa shape index (κ1) is 23.6. The molecule has 2 aromatic rings. The van der Waals surface area contributed by atoms with Gasteiger partial charge in [0.15, 0.2) is 5.78 Å². The van der Waals surface area contributed by atoms with Gasteiger partial charge in [0, 0.05) is 30.2 Å². The fourth-order valence-corrected chi connectivity index (χ4v) is 2.98. The molecule has 2 aliphatic carbocycles. The molecule has 0 bridgehead atoms. The quantitative estimate of drug-likeness (QED) is 0.462. The van der Waals surface area contributed by atoms with Crippen LogP contribution in [0.4, 0.5) is 0 Å². The molecule has 1 unspecified atom stereocenters. The fraction of sp³-hybridized carbons (Fsp3) is 0.120. The van der Waals surface area contributed by atoms with Crippen LogP contribution in [-0.4, -0.2) is 11.6 Å². The van der Waals surface area contributed by atoms with E-state index < -0.39 is 0 Å². The van der Waals surface area contributed by atoms with Gasteiger partial charge in [0.2, 0.25) is 0 Å². The van der Waals surface area contributed by atoms with E-state index in [1.807, 2.05) is 69.2 Å². The Balaban J connectivity index is 0.000000437. The molecule has 1 aromatic carbocycles. The summed E-state index contributed by atoms with van der Waals surface area (Å²) < 4.78 is 5.45. The van der Waals surface area contributed by atoms with Crippen LogP contribution in [0.15, 0.2) is 53.1 Å². The molecule has 4 heteroatoms. The Morgan fingerprint density at radius 3 is 1.86 bits per heavy atom. The van der Waals surface area contributed by atoms with Crippen LogP contribution in [0.3, 0.4) is 0 Å². The monoisotopic (exact) mass is 426 g/mol. The molecule has 1 heterocycles. The third-order valence-electron chi connectivity index (χ3n) is 4.45. The van der Waals surface area contributed by atoms with E-state index in [4.69, 9.17) is 4.42 Å². The topological polar surface area (TPSA) is 47.3 Å². The summed E-state index contributed by atoms with van der Waals surface area (Å²) in [6.45, 7) is 0. The van der Waals surface area contributed by atoms with E-state index in [-0.39, 0.29) is 47.4 Å². The number of hydrogen-bond donors (Lipinski definition) is 0. The molecule has 2 saturated carbocycles. The zero-order valence-electron chi connectivity index (χ0n) is 15.9. The van der Waals surface area contributed by atoms with Gasteiger partial charge >= 0.3 is 17.1 Å². The second-order valence-electron chi connectivity index (χ2n) is 6.47. The molecule has 0 N–H and O–H groups in total. The number of furan rings is 1. The summed E-state index contributed by atoms with van der Waals surface area (Å²) in [6.07, 6.45) is 19.3. The maximum absolute atomic E-state index is 12.5. The van der Waals surface area contributed by atoms with Crippen molar-refractivity contribution in [1.82, 2.24) is 0 Å². The molecule has 4 rings (SSSR count). The second-order valence-corrected chi connectivity index (χ2v) is 6.47. The van der Waals surface area contributed by atoms with Gasteiger partial charge in [0.1, 0.15) is 11.5 Å². The molecule has 146 valence electrons. The summed E-state index contributed by atoms with van der Waals surface area (Å²) in [5.41, 5.74) is 0.657. The molecule has 3 nitrogen and oxygen atoms in total. The Bertz CT molecular complexity index is 706. The molecule has 29 heavy (non-hydrogen) atoms.